The van der Waals surface area contributed by atoms with E-state index in [0.717, 1.165) is 5.56 Å². The topological polar surface area (TPSA) is 94.8 Å². The van der Waals surface area contributed by atoms with Crippen LogP contribution >= 0.6 is 0 Å². The fourth-order valence-corrected chi connectivity index (χ4v) is 2.13. The van der Waals surface area contributed by atoms with Gasteiger partial charge in [-0.05, 0) is 24.6 Å². The summed E-state index contributed by atoms with van der Waals surface area (Å²) in [5, 5.41) is 2.62. The summed E-state index contributed by atoms with van der Waals surface area (Å²) >= 11 is 0. The van der Waals surface area contributed by atoms with Gasteiger partial charge in [0.2, 0.25) is 5.91 Å². The Morgan fingerprint density at radius 1 is 1.12 bits per heavy atom. The summed E-state index contributed by atoms with van der Waals surface area (Å²) in [4.78, 5) is 35.2. The van der Waals surface area contributed by atoms with Gasteiger partial charge in [-0.15, -0.1) is 0 Å². The molecule has 0 spiro atoms. The van der Waals surface area contributed by atoms with Crippen LogP contribution in [0.15, 0.2) is 34.9 Å². The van der Waals surface area contributed by atoms with Gasteiger partial charge in [0.05, 0.1) is 24.6 Å². The van der Waals surface area contributed by atoms with Gasteiger partial charge in [0.25, 0.3) is 0 Å². The highest BCUT2D eigenvalue weighted by atomic mass is 16.5. The summed E-state index contributed by atoms with van der Waals surface area (Å²) in [5.41, 5.74) is 1.53. The lowest BCUT2D eigenvalue weighted by atomic mass is 10.1. The smallest absolute Gasteiger partial charge is 0.341 e. The minimum Gasteiger partial charge on any atom is -0.465 e. The number of methoxy groups -OCH3 is 1. The first kappa shape index (κ1) is 17.3. The van der Waals surface area contributed by atoms with Crippen LogP contribution in [0.1, 0.15) is 39.0 Å². The molecule has 0 saturated heterocycles. The SMILES string of the molecule is COC(=O)c1ccoc1COC(=O)c1cccc(C)c1NC(C)=O. The summed E-state index contributed by atoms with van der Waals surface area (Å²) < 4.78 is 15.0. The molecule has 1 aromatic carbocycles. The molecule has 0 radical (unpaired) electrons. The molecule has 126 valence electrons. The number of rotatable bonds is 5. The van der Waals surface area contributed by atoms with Crippen molar-refractivity contribution in [1.82, 2.24) is 0 Å². The number of furan rings is 1. The molecular weight excluding hydrogens is 314 g/mol. The molecule has 7 nitrogen and oxygen atoms in total. The number of anilines is 1. The van der Waals surface area contributed by atoms with E-state index in [4.69, 9.17) is 9.15 Å². The third-order valence-electron chi connectivity index (χ3n) is 3.28. The van der Waals surface area contributed by atoms with Crippen molar-refractivity contribution < 1.29 is 28.3 Å². The van der Waals surface area contributed by atoms with Crippen molar-refractivity contribution in [3.8, 4) is 0 Å². The second-order valence-electron chi connectivity index (χ2n) is 5.00. The van der Waals surface area contributed by atoms with Gasteiger partial charge < -0.3 is 19.2 Å². The Labute approximate surface area is 138 Å². The molecule has 0 atom stereocenters. The van der Waals surface area contributed by atoms with Crippen molar-refractivity contribution in [2.24, 2.45) is 0 Å². The molecule has 0 aliphatic heterocycles. The van der Waals surface area contributed by atoms with E-state index in [2.05, 4.69) is 10.1 Å². The number of esters is 2. The van der Waals surface area contributed by atoms with Crippen LogP contribution in [-0.2, 0) is 20.9 Å². The Balaban J connectivity index is 2.17. The first-order chi connectivity index (χ1) is 11.4. The van der Waals surface area contributed by atoms with E-state index in [-0.39, 0.29) is 29.4 Å². The number of nitrogens with one attached hydrogen (secondary N) is 1. The quantitative estimate of drug-likeness (QED) is 0.847. The number of carbonyl (C=O) groups is 3. The van der Waals surface area contributed by atoms with Crippen LogP contribution in [0.3, 0.4) is 0 Å². The molecule has 2 aromatic rings. The number of hydrogen-bond donors (Lipinski definition) is 1. The van der Waals surface area contributed by atoms with Crippen LogP contribution in [0, 0.1) is 6.92 Å². The zero-order valence-electron chi connectivity index (χ0n) is 13.5. The number of hydrogen-bond acceptors (Lipinski definition) is 6. The van der Waals surface area contributed by atoms with Crippen LogP contribution in [0.4, 0.5) is 5.69 Å². The molecule has 0 bridgehead atoms. The molecule has 1 amide bonds. The number of carbonyl (C=O) groups excluding carboxylic acids is 3. The predicted molar refractivity (Wildman–Crippen MR) is 84.6 cm³/mol. The van der Waals surface area contributed by atoms with E-state index in [1.165, 1.54) is 26.4 Å². The number of amides is 1. The second-order valence-corrected chi connectivity index (χ2v) is 5.00. The highest BCUT2D eigenvalue weighted by Crippen LogP contribution is 2.22. The van der Waals surface area contributed by atoms with Crippen molar-refractivity contribution >= 4 is 23.5 Å². The first-order valence-corrected chi connectivity index (χ1v) is 7.13. The fraction of sp³-hybridized carbons (Fsp3) is 0.235. The van der Waals surface area contributed by atoms with Crippen molar-refractivity contribution in [2.75, 3.05) is 12.4 Å². The van der Waals surface area contributed by atoms with Gasteiger partial charge in [-0.3, -0.25) is 4.79 Å². The maximum Gasteiger partial charge on any atom is 0.341 e. The first-order valence-electron chi connectivity index (χ1n) is 7.13. The van der Waals surface area contributed by atoms with Crippen molar-refractivity contribution in [1.29, 1.82) is 0 Å². The van der Waals surface area contributed by atoms with Crippen molar-refractivity contribution in [2.45, 2.75) is 20.5 Å². The van der Waals surface area contributed by atoms with Gasteiger partial charge >= 0.3 is 11.9 Å². The predicted octanol–water partition coefficient (Wildman–Crippen LogP) is 2.69. The average molecular weight is 331 g/mol. The number of ether oxygens (including phenoxy) is 2. The summed E-state index contributed by atoms with van der Waals surface area (Å²) in [6.45, 7) is 2.89. The van der Waals surface area contributed by atoms with Gasteiger partial charge in [0.15, 0.2) is 12.4 Å². The lowest BCUT2D eigenvalue weighted by Gasteiger charge is -2.12. The Morgan fingerprint density at radius 2 is 1.88 bits per heavy atom. The summed E-state index contributed by atoms with van der Waals surface area (Å²) in [5.74, 6) is -1.33. The molecule has 7 heteroatoms. The zero-order valence-corrected chi connectivity index (χ0v) is 13.5. The van der Waals surface area contributed by atoms with Crippen molar-refractivity contribution in [3.05, 3.63) is 53.0 Å². The largest absolute Gasteiger partial charge is 0.465 e. The highest BCUT2D eigenvalue weighted by Gasteiger charge is 2.19. The summed E-state index contributed by atoms with van der Waals surface area (Å²) in [6, 6.07) is 6.43. The number of benzene rings is 1. The van der Waals surface area contributed by atoms with E-state index in [1.54, 1.807) is 25.1 Å². The number of para-hydroxylation sites is 1. The third-order valence-corrected chi connectivity index (χ3v) is 3.28. The Kier molecular flexibility index (Phi) is 5.36. The lowest BCUT2D eigenvalue weighted by Crippen LogP contribution is -2.14. The van der Waals surface area contributed by atoms with E-state index in [9.17, 15) is 14.4 Å². The lowest BCUT2D eigenvalue weighted by molar-refractivity contribution is -0.114. The zero-order chi connectivity index (χ0) is 17.7. The van der Waals surface area contributed by atoms with Gasteiger partial charge in [-0.2, -0.15) is 0 Å². The summed E-state index contributed by atoms with van der Waals surface area (Å²) in [6.07, 6.45) is 1.31. The average Bonchev–Trinajstić information content (AvgIpc) is 3.02. The van der Waals surface area contributed by atoms with Gasteiger partial charge in [0, 0.05) is 6.92 Å². The Bertz CT molecular complexity index is 777. The molecule has 0 unspecified atom stereocenters. The molecule has 24 heavy (non-hydrogen) atoms. The highest BCUT2D eigenvalue weighted by molar-refractivity contribution is 6.01. The van der Waals surface area contributed by atoms with E-state index < -0.39 is 11.9 Å². The molecular formula is C17H17NO6. The molecule has 0 aliphatic carbocycles. The monoisotopic (exact) mass is 331 g/mol. The molecule has 2 rings (SSSR count). The standard InChI is InChI=1S/C17H17NO6/c1-10-5-4-6-13(15(10)18-11(2)19)17(21)24-9-14-12(7-8-23-14)16(20)22-3/h4-8H,9H2,1-3H3,(H,18,19). The Morgan fingerprint density at radius 3 is 2.54 bits per heavy atom. The van der Waals surface area contributed by atoms with Crippen LogP contribution in [-0.4, -0.2) is 25.0 Å². The van der Waals surface area contributed by atoms with E-state index >= 15 is 0 Å². The van der Waals surface area contributed by atoms with Crippen LogP contribution in [0.25, 0.3) is 0 Å². The minimum atomic E-state index is -0.644. The van der Waals surface area contributed by atoms with Crippen LogP contribution in [0.2, 0.25) is 0 Å². The molecule has 1 heterocycles. The Hall–Kier alpha value is -3.09. The molecule has 0 aliphatic rings. The molecule has 1 aromatic heterocycles. The van der Waals surface area contributed by atoms with Crippen LogP contribution in [0.5, 0.6) is 0 Å². The third kappa shape index (κ3) is 3.81. The van der Waals surface area contributed by atoms with Gasteiger partial charge in [-0.1, -0.05) is 12.1 Å². The fourth-order valence-electron chi connectivity index (χ4n) is 2.13. The number of aryl methyl sites for hydroxylation is 1. The summed E-state index contributed by atoms with van der Waals surface area (Å²) in [7, 11) is 1.25. The molecule has 1 N–H and O–H groups in total. The van der Waals surface area contributed by atoms with Gasteiger partial charge in [-0.25, -0.2) is 9.59 Å². The maximum absolute atomic E-state index is 12.3. The normalized spacial score (nSPS) is 10.1. The molecule has 0 fully saturated rings. The van der Waals surface area contributed by atoms with Gasteiger partial charge in [0.1, 0.15) is 5.56 Å². The van der Waals surface area contributed by atoms with E-state index in [0.29, 0.717) is 5.69 Å². The molecule has 0 saturated carbocycles. The van der Waals surface area contributed by atoms with Crippen molar-refractivity contribution in [3.63, 3.8) is 0 Å². The minimum absolute atomic E-state index is 0.184. The second kappa shape index (κ2) is 7.45. The van der Waals surface area contributed by atoms with E-state index in [1.807, 2.05) is 0 Å². The maximum atomic E-state index is 12.3. The van der Waals surface area contributed by atoms with Crippen LogP contribution < -0.4 is 5.32 Å².